The van der Waals surface area contributed by atoms with E-state index in [1.165, 1.54) is 0 Å². The average Bonchev–Trinajstić information content (AvgIpc) is 2.80. The summed E-state index contributed by atoms with van der Waals surface area (Å²) in [4.78, 5) is 20.6. The zero-order valence-electron chi connectivity index (χ0n) is 16.5. The van der Waals surface area contributed by atoms with Gasteiger partial charge in [0.25, 0.3) is 5.91 Å². The Morgan fingerprint density at radius 3 is 2.52 bits per heavy atom. The number of hydrogen-bond donors (Lipinski definition) is 1. The van der Waals surface area contributed by atoms with Crippen molar-refractivity contribution in [3.8, 4) is 5.75 Å². The Kier molecular flexibility index (Phi) is 6.69. The highest BCUT2D eigenvalue weighted by Crippen LogP contribution is 2.27. The zero-order chi connectivity index (χ0) is 21.6. The molecule has 0 bridgehead atoms. The molecule has 8 nitrogen and oxygen atoms in total. The summed E-state index contributed by atoms with van der Waals surface area (Å²) in [7, 11) is 0. The number of pyridine rings is 1. The Bertz CT molecular complexity index is 1030. The molecule has 3 aromatic rings. The third-order valence-corrected chi connectivity index (χ3v) is 5.30. The number of aromatic nitrogens is 3. The lowest BCUT2D eigenvalue weighted by atomic mass is 10.3. The molecule has 1 N–H and O–H groups in total. The highest BCUT2D eigenvalue weighted by atomic mass is 35.5. The van der Waals surface area contributed by atoms with Crippen LogP contribution in [0.4, 0.5) is 17.5 Å². The second-order valence-corrected chi connectivity index (χ2v) is 7.69. The number of hydrogen-bond acceptors (Lipinski definition) is 7. The Hall–Kier alpha value is -3.10. The molecule has 10 heteroatoms. The van der Waals surface area contributed by atoms with Crippen molar-refractivity contribution in [3.63, 3.8) is 0 Å². The highest BCUT2D eigenvalue weighted by Gasteiger charge is 2.22. The van der Waals surface area contributed by atoms with Gasteiger partial charge in [0.2, 0.25) is 0 Å². The molecule has 2 aromatic heterocycles. The van der Waals surface area contributed by atoms with Crippen LogP contribution in [0.25, 0.3) is 0 Å². The van der Waals surface area contributed by atoms with Crippen molar-refractivity contribution >= 4 is 46.6 Å². The fourth-order valence-electron chi connectivity index (χ4n) is 3.14. The van der Waals surface area contributed by atoms with E-state index in [1.54, 1.807) is 29.3 Å². The summed E-state index contributed by atoms with van der Waals surface area (Å²) < 4.78 is 5.55. The van der Waals surface area contributed by atoms with Gasteiger partial charge in [0.15, 0.2) is 18.2 Å². The number of carbonyl (C=O) groups is 1. The third kappa shape index (κ3) is 5.53. The fourth-order valence-corrected chi connectivity index (χ4v) is 3.60. The van der Waals surface area contributed by atoms with Gasteiger partial charge in [-0.15, -0.1) is 10.2 Å². The number of carbonyl (C=O) groups excluding carboxylic acids is 1. The van der Waals surface area contributed by atoms with E-state index in [0.29, 0.717) is 53.6 Å². The van der Waals surface area contributed by atoms with Crippen LogP contribution in [0.3, 0.4) is 0 Å². The van der Waals surface area contributed by atoms with Crippen LogP contribution in [-0.2, 0) is 4.79 Å². The summed E-state index contributed by atoms with van der Waals surface area (Å²) in [6, 6.07) is 14.3. The maximum absolute atomic E-state index is 12.5. The van der Waals surface area contributed by atoms with E-state index in [9.17, 15) is 4.79 Å². The number of anilines is 3. The average molecular weight is 459 g/mol. The summed E-state index contributed by atoms with van der Waals surface area (Å²) >= 11 is 12.0. The minimum atomic E-state index is -0.0911. The van der Waals surface area contributed by atoms with Crippen LogP contribution in [-0.4, -0.2) is 58.8 Å². The van der Waals surface area contributed by atoms with Crippen LogP contribution in [0.15, 0.2) is 54.7 Å². The van der Waals surface area contributed by atoms with Crippen molar-refractivity contribution in [3.05, 3.63) is 64.8 Å². The molecule has 1 saturated heterocycles. The standard InChI is InChI=1S/C21H20Cl2N6O2/c22-15-4-5-17(16(23)13-15)31-14-21(30)29-11-9-28(10-12-29)20-7-6-19(26-27-20)25-18-3-1-2-8-24-18/h1-8,13H,9-12,14H2,(H,24,25,26). The highest BCUT2D eigenvalue weighted by molar-refractivity contribution is 6.35. The molecule has 3 heterocycles. The van der Waals surface area contributed by atoms with Crippen LogP contribution in [0.5, 0.6) is 5.75 Å². The van der Waals surface area contributed by atoms with Gasteiger partial charge in [-0.1, -0.05) is 29.3 Å². The summed E-state index contributed by atoms with van der Waals surface area (Å²) in [5, 5.41) is 12.5. The monoisotopic (exact) mass is 458 g/mol. The van der Waals surface area contributed by atoms with Crippen LogP contribution in [0.1, 0.15) is 0 Å². The number of rotatable bonds is 6. The van der Waals surface area contributed by atoms with Gasteiger partial charge in [-0.25, -0.2) is 4.98 Å². The lowest BCUT2D eigenvalue weighted by Gasteiger charge is -2.35. The van der Waals surface area contributed by atoms with Crippen molar-refractivity contribution in [1.82, 2.24) is 20.1 Å². The molecule has 160 valence electrons. The van der Waals surface area contributed by atoms with Crippen molar-refractivity contribution < 1.29 is 9.53 Å². The molecule has 0 aliphatic carbocycles. The summed E-state index contributed by atoms with van der Waals surface area (Å²) in [5.41, 5.74) is 0. The number of piperazine rings is 1. The topological polar surface area (TPSA) is 83.5 Å². The smallest absolute Gasteiger partial charge is 0.260 e. The summed E-state index contributed by atoms with van der Waals surface area (Å²) in [5.74, 6) is 2.44. The molecular weight excluding hydrogens is 439 g/mol. The first-order chi connectivity index (χ1) is 15.1. The van der Waals surface area contributed by atoms with Gasteiger partial charge >= 0.3 is 0 Å². The number of benzene rings is 1. The second-order valence-electron chi connectivity index (χ2n) is 6.85. The molecule has 0 spiro atoms. The van der Waals surface area contributed by atoms with Crippen LogP contribution < -0.4 is 15.0 Å². The molecule has 31 heavy (non-hydrogen) atoms. The minimum absolute atomic E-state index is 0.0744. The molecule has 1 aliphatic heterocycles. The largest absolute Gasteiger partial charge is 0.482 e. The van der Waals surface area contributed by atoms with E-state index < -0.39 is 0 Å². The Balaban J connectivity index is 1.26. The van der Waals surface area contributed by atoms with Crippen LogP contribution in [0.2, 0.25) is 10.0 Å². The Morgan fingerprint density at radius 1 is 1.00 bits per heavy atom. The van der Waals surface area contributed by atoms with Gasteiger partial charge in [0, 0.05) is 37.4 Å². The molecular formula is C21H20Cl2N6O2. The maximum atomic E-state index is 12.5. The minimum Gasteiger partial charge on any atom is -0.482 e. The van der Waals surface area contributed by atoms with Crippen LogP contribution in [0, 0.1) is 0 Å². The van der Waals surface area contributed by atoms with E-state index >= 15 is 0 Å². The molecule has 0 saturated carbocycles. The molecule has 0 unspecified atom stereocenters. The van der Waals surface area contributed by atoms with Gasteiger partial charge in [-0.2, -0.15) is 0 Å². The van der Waals surface area contributed by atoms with E-state index in [-0.39, 0.29) is 12.5 Å². The van der Waals surface area contributed by atoms with Crippen LogP contribution >= 0.6 is 23.2 Å². The summed E-state index contributed by atoms with van der Waals surface area (Å²) in [6.45, 7) is 2.40. The summed E-state index contributed by atoms with van der Waals surface area (Å²) in [6.07, 6.45) is 1.71. The number of nitrogens with one attached hydrogen (secondary N) is 1. The Morgan fingerprint density at radius 2 is 1.84 bits per heavy atom. The van der Waals surface area contributed by atoms with Gasteiger partial charge in [-0.05, 0) is 42.5 Å². The lowest BCUT2D eigenvalue weighted by Crippen LogP contribution is -2.50. The molecule has 0 radical (unpaired) electrons. The quantitative estimate of drug-likeness (QED) is 0.603. The molecule has 1 aliphatic rings. The predicted octanol–water partition coefficient (Wildman–Crippen LogP) is 3.65. The third-order valence-electron chi connectivity index (χ3n) is 4.77. The first-order valence-corrected chi connectivity index (χ1v) is 10.5. The van der Waals surface area contributed by atoms with Gasteiger partial charge < -0.3 is 19.9 Å². The van der Waals surface area contributed by atoms with Gasteiger partial charge in [0.05, 0.1) is 5.02 Å². The van der Waals surface area contributed by atoms with E-state index in [2.05, 4.69) is 25.4 Å². The fraction of sp³-hybridized carbons (Fsp3) is 0.238. The van der Waals surface area contributed by atoms with Gasteiger partial charge in [0.1, 0.15) is 11.6 Å². The number of amides is 1. The molecule has 1 aromatic carbocycles. The molecule has 1 amide bonds. The number of halogens is 2. The van der Waals surface area contributed by atoms with Gasteiger partial charge in [-0.3, -0.25) is 4.79 Å². The first-order valence-electron chi connectivity index (χ1n) is 9.71. The van der Waals surface area contributed by atoms with E-state index in [4.69, 9.17) is 27.9 Å². The van der Waals surface area contributed by atoms with Crippen molar-refractivity contribution in [2.45, 2.75) is 0 Å². The SMILES string of the molecule is O=C(COc1ccc(Cl)cc1Cl)N1CCN(c2ccc(Nc3ccccn3)nn2)CC1. The predicted molar refractivity (Wildman–Crippen MR) is 120 cm³/mol. The molecule has 4 rings (SSSR count). The second kappa shape index (κ2) is 9.80. The zero-order valence-corrected chi connectivity index (χ0v) is 18.1. The van der Waals surface area contributed by atoms with E-state index in [0.717, 1.165) is 5.82 Å². The molecule has 1 fully saturated rings. The van der Waals surface area contributed by atoms with E-state index in [1.807, 2.05) is 30.3 Å². The lowest BCUT2D eigenvalue weighted by molar-refractivity contribution is -0.133. The molecule has 0 atom stereocenters. The van der Waals surface area contributed by atoms with Crippen molar-refractivity contribution in [2.24, 2.45) is 0 Å². The normalized spacial score (nSPS) is 13.7. The van der Waals surface area contributed by atoms with Crippen molar-refractivity contribution in [2.75, 3.05) is 43.0 Å². The number of nitrogens with zero attached hydrogens (tertiary/aromatic N) is 5. The Labute approximate surface area is 189 Å². The van der Waals surface area contributed by atoms with Crippen molar-refractivity contribution in [1.29, 1.82) is 0 Å². The first kappa shape index (κ1) is 21.1. The maximum Gasteiger partial charge on any atom is 0.260 e. The number of ether oxygens (including phenoxy) is 1.